The first-order valence-corrected chi connectivity index (χ1v) is 7.79. The van der Waals surface area contributed by atoms with Gasteiger partial charge in [0.15, 0.2) is 0 Å². The molecule has 0 bridgehead atoms. The lowest BCUT2D eigenvalue weighted by atomic mass is 10.2. The number of carbonyl (C=O) groups is 3. The maximum Gasteiger partial charge on any atom is 0.408 e. The molecule has 1 aromatic rings. The third kappa shape index (κ3) is 7.47. The summed E-state index contributed by atoms with van der Waals surface area (Å²) in [6.45, 7) is 4.48. The highest BCUT2D eigenvalue weighted by molar-refractivity contribution is 5.91. The first kappa shape index (κ1) is 20.1. The van der Waals surface area contributed by atoms with Crippen LogP contribution in [0.3, 0.4) is 0 Å². The summed E-state index contributed by atoms with van der Waals surface area (Å²) < 4.78 is 5.02. The minimum atomic E-state index is -0.895. The summed E-state index contributed by atoms with van der Waals surface area (Å²) in [6, 6.07) is 6.58. The number of carbonyl (C=O) groups excluding carboxylic acids is 4. The van der Waals surface area contributed by atoms with E-state index in [4.69, 9.17) is 4.74 Å². The molecule has 25 heavy (non-hydrogen) atoms. The zero-order valence-corrected chi connectivity index (χ0v) is 14.4. The number of rotatable bonds is 8. The fraction of sp³-hybridized carbons (Fsp3) is 0.412. The van der Waals surface area contributed by atoms with E-state index in [-0.39, 0.29) is 6.61 Å². The second-order valence-corrected chi connectivity index (χ2v) is 5.51. The van der Waals surface area contributed by atoms with E-state index in [2.05, 4.69) is 16.0 Å². The molecule has 0 heterocycles. The van der Waals surface area contributed by atoms with Crippen LogP contribution in [0, 0.1) is 0 Å². The Balaban J connectivity index is 2.38. The zero-order valence-electron chi connectivity index (χ0n) is 14.4. The van der Waals surface area contributed by atoms with Gasteiger partial charge in [0.1, 0.15) is 18.7 Å². The Labute approximate surface area is 146 Å². The Hall–Kier alpha value is -2.90. The van der Waals surface area contributed by atoms with Gasteiger partial charge in [-0.25, -0.2) is 4.79 Å². The lowest BCUT2D eigenvalue weighted by Crippen LogP contribution is -2.52. The molecule has 8 nitrogen and oxygen atoms in total. The molecule has 0 aliphatic carbocycles. The molecule has 0 saturated heterocycles. The highest BCUT2D eigenvalue weighted by atomic mass is 16.5. The van der Waals surface area contributed by atoms with Crippen molar-refractivity contribution >= 4 is 24.2 Å². The van der Waals surface area contributed by atoms with Crippen molar-refractivity contribution < 1.29 is 23.9 Å². The Kier molecular flexibility index (Phi) is 8.11. The van der Waals surface area contributed by atoms with Crippen LogP contribution in [0.15, 0.2) is 30.3 Å². The summed E-state index contributed by atoms with van der Waals surface area (Å²) in [6.07, 6.45) is 0.869. The number of ether oxygens (including phenoxy) is 1. The van der Waals surface area contributed by atoms with E-state index < -0.39 is 36.0 Å². The number of hydrogen-bond acceptors (Lipinski definition) is 5. The predicted molar refractivity (Wildman–Crippen MR) is 90.1 cm³/mol. The van der Waals surface area contributed by atoms with Crippen LogP contribution in [-0.2, 0) is 25.7 Å². The fourth-order valence-electron chi connectivity index (χ4n) is 1.78. The van der Waals surface area contributed by atoms with Crippen LogP contribution >= 0.6 is 0 Å². The zero-order chi connectivity index (χ0) is 18.8. The molecule has 8 heteroatoms. The van der Waals surface area contributed by atoms with Gasteiger partial charge in [-0.2, -0.15) is 0 Å². The van der Waals surface area contributed by atoms with Gasteiger partial charge in [-0.05, 0) is 26.3 Å². The summed E-state index contributed by atoms with van der Waals surface area (Å²) in [5.74, 6) is -1.08. The van der Waals surface area contributed by atoms with Gasteiger partial charge in [0.2, 0.25) is 18.1 Å². The summed E-state index contributed by atoms with van der Waals surface area (Å²) in [5.41, 5.74) is 0.821. The van der Waals surface area contributed by atoms with Gasteiger partial charge in [0, 0.05) is 0 Å². The number of nitrogens with one attached hydrogen (secondary N) is 3. The molecular weight excluding hydrogens is 326 g/mol. The van der Waals surface area contributed by atoms with Gasteiger partial charge >= 0.3 is 6.09 Å². The van der Waals surface area contributed by atoms with Crippen molar-refractivity contribution in [3.63, 3.8) is 0 Å². The van der Waals surface area contributed by atoms with Crippen LogP contribution in [-0.4, -0.2) is 42.3 Å². The third-order valence-electron chi connectivity index (χ3n) is 3.23. The Morgan fingerprint density at radius 2 is 1.52 bits per heavy atom. The summed E-state index contributed by atoms with van der Waals surface area (Å²) in [7, 11) is 0. The number of benzene rings is 1. The summed E-state index contributed by atoms with van der Waals surface area (Å²) in [4.78, 5) is 45.8. The molecule has 0 aliphatic heterocycles. The standard InChI is InChI=1S/C17H22N3O5/c1-11(9-21)18-15(22)12(2)19-16(23)13(3)20-17(24)25-10-14-7-5-4-6-8-14/h4-8,11-13H,10H2,1-3H3,(H,18,22)(H,19,23)(H,20,24). The highest BCUT2D eigenvalue weighted by Crippen LogP contribution is 2.00. The molecule has 1 radical (unpaired) electrons. The van der Waals surface area contributed by atoms with Crippen molar-refractivity contribution in [2.24, 2.45) is 0 Å². The molecule has 0 saturated carbocycles. The molecule has 3 N–H and O–H groups in total. The van der Waals surface area contributed by atoms with Crippen LogP contribution in [0.1, 0.15) is 26.3 Å². The highest BCUT2D eigenvalue weighted by Gasteiger charge is 2.22. The van der Waals surface area contributed by atoms with Crippen molar-refractivity contribution in [3.05, 3.63) is 35.9 Å². The summed E-state index contributed by atoms with van der Waals surface area (Å²) >= 11 is 0. The topological polar surface area (TPSA) is 114 Å². The van der Waals surface area contributed by atoms with Crippen molar-refractivity contribution in [3.8, 4) is 0 Å². The normalized spacial score (nSPS) is 13.7. The average molecular weight is 348 g/mol. The predicted octanol–water partition coefficient (Wildman–Crippen LogP) is 0.420. The molecule has 135 valence electrons. The smallest absolute Gasteiger partial charge is 0.408 e. The van der Waals surface area contributed by atoms with E-state index in [1.165, 1.54) is 20.8 Å². The number of hydrogen-bond donors (Lipinski definition) is 3. The van der Waals surface area contributed by atoms with Gasteiger partial charge in [0.25, 0.3) is 0 Å². The van der Waals surface area contributed by atoms with Gasteiger partial charge in [-0.1, -0.05) is 30.3 Å². The van der Waals surface area contributed by atoms with Gasteiger partial charge < -0.3 is 20.7 Å². The molecule has 3 amide bonds. The molecular formula is C17H22N3O5. The lowest BCUT2D eigenvalue weighted by molar-refractivity contribution is -0.129. The summed E-state index contributed by atoms with van der Waals surface area (Å²) in [5, 5.41) is 7.18. The number of amides is 3. The minimum absolute atomic E-state index is 0.0832. The fourth-order valence-corrected chi connectivity index (χ4v) is 1.78. The Bertz CT molecular complexity index is 606. The van der Waals surface area contributed by atoms with E-state index in [1.54, 1.807) is 6.29 Å². The molecule has 3 atom stereocenters. The Morgan fingerprint density at radius 3 is 2.12 bits per heavy atom. The lowest BCUT2D eigenvalue weighted by Gasteiger charge is -2.18. The molecule has 1 aromatic carbocycles. The van der Waals surface area contributed by atoms with Crippen LogP contribution in [0.2, 0.25) is 0 Å². The molecule has 0 aromatic heterocycles. The van der Waals surface area contributed by atoms with Crippen LogP contribution in [0.4, 0.5) is 4.79 Å². The third-order valence-corrected chi connectivity index (χ3v) is 3.23. The second kappa shape index (κ2) is 10.1. The quantitative estimate of drug-likeness (QED) is 0.630. The van der Waals surface area contributed by atoms with E-state index in [1.807, 2.05) is 30.3 Å². The van der Waals surface area contributed by atoms with Crippen LogP contribution in [0.25, 0.3) is 0 Å². The van der Waals surface area contributed by atoms with E-state index in [0.29, 0.717) is 0 Å². The molecule has 3 unspecified atom stereocenters. The average Bonchev–Trinajstić information content (AvgIpc) is 2.60. The first-order chi connectivity index (χ1) is 11.8. The van der Waals surface area contributed by atoms with E-state index in [9.17, 15) is 19.2 Å². The second-order valence-electron chi connectivity index (χ2n) is 5.51. The monoisotopic (exact) mass is 348 g/mol. The van der Waals surface area contributed by atoms with Gasteiger partial charge in [-0.15, -0.1) is 0 Å². The number of alkyl carbamates (subject to hydrolysis) is 1. The minimum Gasteiger partial charge on any atom is -0.445 e. The van der Waals surface area contributed by atoms with Crippen molar-refractivity contribution in [2.75, 3.05) is 0 Å². The van der Waals surface area contributed by atoms with E-state index >= 15 is 0 Å². The SMILES string of the molecule is CC([C]=O)NC(=O)C(C)NC(=O)C(C)NC(=O)OCc1ccccc1. The maximum atomic E-state index is 12.0. The first-order valence-electron chi connectivity index (χ1n) is 7.79. The van der Waals surface area contributed by atoms with Crippen molar-refractivity contribution in [1.29, 1.82) is 0 Å². The van der Waals surface area contributed by atoms with Crippen LogP contribution in [0.5, 0.6) is 0 Å². The molecule has 0 aliphatic rings. The van der Waals surface area contributed by atoms with Gasteiger partial charge in [0.05, 0.1) is 6.04 Å². The van der Waals surface area contributed by atoms with E-state index in [0.717, 1.165) is 5.56 Å². The molecule has 1 rings (SSSR count). The Morgan fingerprint density at radius 1 is 0.960 bits per heavy atom. The van der Waals surface area contributed by atoms with Crippen molar-refractivity contribution in [2.45, 2.75) is 45.5 Å². The van der Waals surface area contributed by atoms with Crippen LogP contribution < -0.4 is 16.0 Å². The molecule has 0 spiro atoms. The largest absolute Gasteiger partial charge is 0.445 e. The maximum absolute atomic E-state index is 12.0. The van der Waals surface area contributed by atoms with Crippen molar-refractivity contribution in [1.82, 2.24) is 16.0 Å². The van der Waals surface area contributed by atoms with Gasteiger partial charge in [-0.3, -0.25) is 14.4 Å². The molecule has 0 fully saturated rings.